The molecule has 0 aliphatic rings. The molecule has 104 valence electrons. The van der Waals surface area contributed by atoms with Gasteiger partial charge in [-0.1, -0.05) is 36.4 Å². The van der Waals surface area contributed by atoms with Gasteiger partial charge in [-0.15, -0.1) is 0 Å². The van der Waals surface area contributed by atoms with Gasteiger partial charge in [0.05, 0.1) is 6.61 Å². The van der Waals surface area contributed by atoms with Crippen molar-refractivity contribution in [3.63, 3.8) is 0 Å². The van der Waals surface area contributed by atoms with Gasteiger partial charge in [0.1, 0.15) is 6.61 Å². The third-order valence-electron chi connectivity index (χ3n) is 2.82. The standard InChI is InChI=1S/C15H17BO4/c1-2-19-14-5-3-4-6-15(14)20-11-12-7-9-13(10-8-12)16(17)18/h3-10,17-18H,2,11H2,1H3. The summed E-state index contributed by atoms with van der Waals surface area (Å²) < 4.78 is 11.2. The fraction of sp³-hybridized carbons (Fsp3) is 0.200. The van der Waals surface area contributed by atoms with E-state index in [2.05, 4.69) is 0 Å². The van der Waals surface area contributed by atoms with Crippen LogP contribution in [0.4, 0.5) is 0 Å². The number of hydrogen-bond donors (Lipinski definition) is 2. The molecule has 0 saturated carbocycles. The fourth-order valence-corrected chi connectivity index (χ4v) is 1.79. The van der Waals surface area contributed by atoms with Crippen LogP contribution in [0, 0.1) is 0 Å². The van der Waals surface area contributed by atoms with Crippen LogP contribution in [0.2, 0.25) is 0 Å². The first-order chi connectivity index (χ1) is 9.70. The Morgan fingerprint density at radius 3 is 2.05 bits per heavy atom. The van der Waals surface area contributed by atoms with Crippen molar-refractivity contribution >= 4 is 12.6 Å². The van der Waals surface area contributed by atoms with E-state index in [0.717, 1.165) is 11.3 Å². The van der Waals surface area contributed by atoms with Gasteiger partial charge in [-0.3, -0.25) is 0 Å². The summed E-state index contributed by atoms with van der Waals surface area (Å²) in [4.78, 5) is 0. The minimum Gasteiger partial charge on any atom is -0.490 e. The Hall–Kier alpha value is -1.98. The van der Waals surface area contributed by atoms with E-state index in [9.17, 15) is 0 Å². The Balaban J connectivity index is 2.01. The van der Waals surface area contributed by atoms with Gasteiger partial charge in [-0.2, -0.15) is 0 Å². The Labute approximate surface area is 118 Å². The van der Waals surface area contributed by atoms with Crippen LogP contribution >= 0.6 is 0 Å². The van der Waals surface area contributed by atoms with Crippen molar-refractivity contribution in [3.8, 4) is 11.5 Å². The Morgan fingerprint density at radius 2 is 1.50 bits per heavy atom. The van der Waals surface area contributed by atoms with Crippen LogP contribution in [0.15, 0.2) is 48.5 Å². The highest BCUT2D eigenvalue weighted by atomic mass is 16.5. The molecule has 0 saturated heterocycles. The highest BCUT2D eigenvalue weighted by Crippen LogP contribution is 2.27. The molecular weight excluding hydrogens is 255 g/mol. The van der Waals surface area contributed by atoms with E-state index in [4.69, 9.17) is 19.5 Å². The molecular formula is C15H17BO4. The summed E-state index contributed by atoms with van der Waals surface area (Å²) in [7, 11) is -1.44. The van der Waals surface area contributed by atoms with Crippen LogP contribution < -0.4 is 14.9 Å². The molecule has 0 atom stereocenters. The molecule has 0 unspecified atom stereocenters. The normalized spacial score (nSPS) is 10.2. The van der Waals surface area contributed by atoms with E-state index in [0.29, 0.717) is 24.4 Å². The Kier molecular flexibility index (Phi) is 5.04. The highest BCUT2D eigenvalue weighted by Gasteiger charge is 2.10. The van der Waals surface area contributed by atoms with Crippen LogP contribution in [0.3, 0.4) is 0 Å². The highest BCUT2D eigenvalue weighted by molar-refractivity contribution is 6.58. The Morgan fingerprint density at radius 1 is 0.900 bits per heavy atom. The second-order valence-electron chi connectivity index (χ2n) is 4.28. The van der Waals surface area contributed by atoms with Gasteiger partial charge in [-0.25, -0.2) is 0 Å². The smallest absolute Gasteiger partial charge is 0.488 e. The first kappa shape index (κ1) is 14.4. The predicted molar refractivity (Wildman–Crippen MR) is 78.2 cm³/mol. The molecule has 4 nitrogen and oxygen atoms in total. The predicted octanol–water partition coefficient (Wildman–Crippen LogP) is 1.34. The molecule has 2 rings (SSSR count). The third-order valence-corrected chi connectivity index (χ3v) is 2.82. The van der Waals surface area contributed by atoms with Crippen molar-refractivity contribution in [3.05, 3.63) is 54.1 Å². The van der Waals surface area contributed by atoms with E-state index in [-0.39, 0.29) is 0 Å². The average molecular weight is 272 g/mol. The second-order valence-corrected chi connectivity index (χ2v) is 4.28. The lowest BCUT2D eigenvalue weighted by Gasteiger charge is -2.11. The van der Waals surface area contributed by atoms with Gasteiger partial charge >= 0.3 is 7.12 Å². The van der Waals surface area contributed by atoms with Crippen molar-refractivity contribution in [1.29, 1.82) is 0 Å². The number of hydrogen-bond acceptors (Lipinski definition) is 4. The van der Waals surface area contributed by atoms with Gasteiger partial charge < -0.3 is 19.5 Å². The molecule has 0 aliphatic carbocycles. The molecule has 0 fully saturated rings. The minimum absolute atomic E-state index is 0.395. The van der Waals surface area contributed by atoms with E-state index in [1.54, 1.807) is 24.3 Å². The summed E-state index contributed by atoms with van der Waals surface area (Å²) in [5.41, 5.74) is 1.41. The number of benzene rings is 2. The molecule has 5 heteroatoms. The molecule has 0 amide bonds. The molecule has 0 aromatic heterocycles. The molecule has 0 heterocycles. The van der Waals surface area contributed by atoms with Crippen LogP contribution in [0.25, 0.3) is 0 Å². The largest absolute Gasteiger partial charge is 0.490 e. The average Bonchev–Trinajstić information content (AvgIpc) is 2.47. The molecule has 2 N–H and O–H groups in total. The summed E-state index contributed by atoms with van der Waals surface area (Å²) in [6, 6.07) is 14.4. The lowest BCUT2D eigenvalue weighted by atomic mass is 9.80. The van der Waals surface area contributed by atoms with Crippen LogP contribution in [-0.4, -0.2) is 23.8 Å². The molecule has 2 aromatic carbocycles. The van der Waals surface area contributed by atoms with Crippen molar-refractivity contribution in [2.24, 2.45) is 0 Å². The maximum atomic E-state index is 9.03. The van der Waals surface area contributed by atoms with Crippen LogP contribution in [0.1, 0.15) is 12.5 Å². The quantitative estimate of drug-likeness (QED) is 0.779. The lowest BCUT2D eigenvalue weighted by Crippen LogP contribution is -2.29. The van der Waals surface area contributed by atoms with E-state index in [1.807, 2.05) is 31.2 Å². The molecule has 0 bridgehead atoms. The molecule has 20 heavy (non-hydrogen) atoms. The first-order valence-electron chi connectivity index (χ1n) is 6.50. The van der Waals surface area contributed by atoms with E-state index in [1.165, 1.54) is 0 Å². The van der Waals surface area contributed by atoms with Crippen molar-refractivity contribution < 1.29 is 19.5 Å². The Bertz CT molecular complexity index is 540. The van der Waals surface area contributed by atoms with Crippen molar-refractivity contribution in [2.45, 2.75) is 13.5 Å². The fourth-order valence-electron chi connectivity index (χ4n) is 1.79. The van der Waals surface area contributed by atoms with Crippen LogP contribution in [0.5, 0.6) is 11.5 Å². The zero-order chi connectivity index (χ0) is 14.4. The third kappa shape index (κ3) is 3.76. The number of para-hydroxylation sites is 2. The zero-order valence-electron chi connectivity index (χ0n) is 11.3. The summed E-state index contributed by atoms with van der Waals surface area (Å²) in [6.07, 6.45) is 0. The second kappa shape index (κ2) is 6.98. The maximum Gasteiger partial charge on any atom is 0.488 e. The summed E-state index contributed by atoms with van der Waals surface area (Å²) in [5.74, 6) is 1.41. The molecule has 0 aliphatic heterocycles. The van der Waals surface area contributed by atoms with Gasteiger partial charge in [-0.05, 0) is 30.1 Å². The number of rotatable bonds is 6. The van der Waals surface area contributed by atoms with Gasteiger partial charge in [0.15, 0.2) is 11.5 Å². The van der Waals surface area contributed by atoms with Crippen LogP contribution in [-0.2, 0) is 6.61 Å². The van der Waals surface area contributed by atoms with Gasteiger partial charge in [0, 0.05) is 0 Å². The molecule has 2 aromatic rings. The topological polar surface area (TPSA) is 58.9 Å². The van der Waals surface area contributed by atoms with E-state index >= 15 is 0 Å². The lowest BCUT2D eigenvalue weighted by molar-refractivity contribution is 0.269. The first-order valence-corrected chi connectivity index (χ1v) is 6.50. The maximum absolute atomic E-state index is 9.03. The van der Waals surface area contributed by atoms with Crippen molar-refractivity contribution in [1.82, 2.24) is 0 Å². The summed E-state index contributed by atoms with van der Waals surface area (Å²) >= 11 is 0. The summed E-state index contributed by atoms with van der Waals surface area (Å²) in [5, 5.41) is 18.1. The monoisotopic (exact) mass is 272 g/mol. The molecule has 0 radical (unpaired) electrons. The molecule has 0 spiro atoms. The number of ether oxygens (including phenoxy) is 2. The van der Waals surface area contributed by atoms with Gasteiger partial charge in [0.2, 0.25) is 0 Å². The zero-order valence-corrected chi connectivity index (χ0v) is 11.3. The van der Waals surface area contributed by atoms with Gasteiger partial charge in [0.25, 0.3) is 0 Å². The van der Waals surface area contributed by atoms with Crippen molar-refractivity contribution in [2.75, 3.05) is 6.61 Å². The minimum atomic E-state index is -1.44. The summed E-state index contributed by atoms with van der Waals surface area (Å²) in [6.45, 7) is 2.91. The SMILES string of the molecule is CCOc1ccccc1OCc1ccc(B(O)O)cc1. The van der Waals surface area contributed by atoms with E-state index < -0.39 is 7.12 Å².